The summed E-state index contributed by atoms with van der Waals surface area (Å²) in [6.45, 7) is 3.11. The summed E-state index contributed by atoms with van der Waals surface area (Å²) in [4.78, 5) is 12.3. The number of aromatic nitrogens is 1. The molecule has 0 saturated heterocycles. The van der Waals surface area contributed by atoms with E-state index in [2.05, 4.69) is 29.0 Å². The van der Waals surface area contributed by atoms with Crippen LogP contribution in [0.15, 0.2) is 73.3 Å². The topological polar surface area (TPSA) is 117 Å². The van der Waals surface area contributed by atoms with Crippen molar-refractivity contribution in [1.82, 2.24) is 10.3 Å². The zero-order valence-electron chi connectivity index (χ0n) is 16.3. The third-order valence-electron chi connectivity index (χ3n) is 4.26. The molecule has 1 aromatic heterocycles. The lowest BCUT2D eigenvalue weighted by molar-refractivity contribution is -0.104. The van der Waals surface area contributed by atoms with E-state index in [9.17, 15) is 5.11 Å². The second kappa shape index (κ2) is 10.5. The molecule has 3 aromatic rings. The third kappa shape index (κ3) is 5.60. The number of nitrogens with one attached hydrogen (secondary N) is 2. The van der Waals surface area contributed by atoms with Gasteiger partial charge in [0.1, 0.15) is 17.9 Å². The molecule has 1 atom stereocenters. The fraction of sp³-hybridized carbons (Fsp3) is 0.0870. The van der Waals surface area contributed by atoms with E-state index in [0.717, 1.165) is 16.8 Å². The Balaban J connectivity index is 0.000000687. The molecule has 1 heterocycles. The Kier molecular flexibility index (Phi) is 7.82. The molecule has 0 aliphatic carbocycles. The summed E-state index contributed by atoms with van der Waals surface area (Å²) in [5.74, 6) is 0.674. The monoisotopic (exact) mass is 390 g/mol. The lowest BCUT2D eigenvalue weighted by Crippen LogP contribution is -2.17. The molecule has 0 amide bonds. The molecule has 0 saturated carbocycles. The van der Waals surface area contributed by atoms with Gasteiger partial charge in [0.15, 0.2) is 0 Å². The quantitative estimate of drug-likeness (QED) is 0.326. The Bertz CT molecular complexity index is 972. The number of phenolic OH excluding ortho intramolecular Hbond substituents is 1. The van der Waals surface area contributed by atoms with Gasteiger partial charge >= 0.3 is 0 Å². The van der Waals surface area contributed by atoms with E-state index in [1.165, 1.54) is 6.08 Å². The average Bonchev–Trinajstić information content (AvgIpc) is 3.09. The van der Waals surface area contributed by atoms with E-state index in [0.29, 0.717) is 23.4 Å². The number of aldehydes is 1. The van der Waals surface area contributed by atoms with Crippen LogP contribution in [0.1, 0.15) is 28.4 Å². The SMILES string of the molecule is C=CC=O.CNC(c1ccccc1)c1cc(/C=C(\N)c2ccccc2O)c(N)[nH]1. The van der Waals surface area contributed by atoms with Crippen LogP contribution in [0, 0.1) is 0 Å². The van der Waals surface area contributed by atoms with E-state index in [1.807, 2.05) is 37.4 Å². The summed E-state index contributed by atoms with van der Waals surface area (Å²) in [5.41, 5.74) is 16.2. The largest absolute Gasteiger partial charge is 0.507 e. The van der Waals surface area contributed by atoms with Crippen molar-refractivity contribution >= 4 is 23.9 Å². The summed E-state index contributed by atoms with van der Waals surface area (Å²) in [6.07, 6.45) is 3.60. The molecule has 29 heavy (non-hydrogen) atoms. The molecule has 1 unspecified atom stereocenters. The number of H-pyrrole nitrogens is 1. The van der Waals surface area contributed by atoms with Crippen LogP contribution in [-0.2, 0) is 4.79 Å². The number of hydrogen-bond donors (Lipinski definition) is 5. The van der Waals surface area contributed by atoms with Crippen molar-refractivity contribution in [3.63, 3.8) is 0 Å². The number of anilines is 1. The number of benzene rings is 2. The summed E-state index contributed by atoms with van der Waals surface area (Å²) >= 11 is 0. The van der Waals surface area contributed by atoms with Gasteiger partial charge in [-0.15, -0.1) is 0 Å². The van der Waals surface area contributed by atoms with Crippen LogP contribution in [0.3, 0.4) is 0 Å². The summed E-state index contributed by atoms with van der Waals surface area (Å²) in [6, 6.07) is 19.0. The second-order valence-electron chi connectivity index (χ2n) is 6.21. The Morgan fingerprint density at radius 2 is 1.79 bits per heavy atom. The molecule has 0 aliphatic heterocycles. The van der Waals surface area contributed by atoms with Gasteiger partial charge in [0.05, 0.1) is 6.04 Å². The van der Waals surface area contributed by atoms with Gasteiger partial charge in [-0.25, -0.2) is 0 Å². The van der Waals surface area contributed by atoms with Crippen LogP contribution in [0.2, 0.25) is 0 Å². The number of rotatable bonds is 6. The normalized spacial score (nSPS) is 11.8. The fourth-order valence-electron chi connectivity index (χ4n) is 2.89. The number of phenols is 1. The molecule has 6 nitrogen and oxygen atoms in total. The number of carbonyl (C=O) groups excluding carboxylic acids is 1. The molecule has 150 valence electrons. The molecule has 0 spiro atoms. The zero-order valence-corrected chi connectivity index (χ0v) is 16.3. The Morgan fingerprint density at radius 1 is 1.17 bits per heavy atom. The van der Waals surface area contributed by atoms with Crippen molar-refractivity contribution in [2.24, 2.45) is 5.73 Å². The first kappa shape index (κ1) is 21.5. The van der Waals surface area contributed by atoms with Gasteiger partial charge in [0.25, 0.3) is 0 Å². The highest BCUT2D eigenvalue weighted by molar-refractivity contribution is 5.84. The molecule has 2 aromatic carbocycles. The van der Waals surface area contributed by atoms with Gasteiger partial charge in [-0.05, 0) is 43.0 Å². The van der Waals surface area contributed by atoms with Crippen molar-refractivity contribution < 1.29 is 9.90 Å². The highest BCUT2D eigenvalue weighted by atomic mass is 16.3. The molecule has 0 bridgehead atoms. The van der Waals surface area contributed by atoms with Gasteiger partial charge in [-0.2, -0.15) is 0 Å². The first-order valence-electron chi connectivity index (χ1n) is 9.04. The molecule has 0 aliphatic rings. The number of nitrogen functional groups attached to an aromatic ring is 1. The van der Waals surface area contributed by atoms with Crippen LogP contribution in [0.25, 0.3) is 11.8 Å². The average molecular weight is 390 g/mol. The van der Waals surface area contributed by atoms with E-state index in [4.69, 9.17) is 16.3 Å². The zero-order chi connectivity index (χ0) is 21.2. The number of aromatic hydroxyl groups is 1. The van der Waals surface area contributed by atoms with Gasteiger partial charge in [0, 0.05) is 22.5 Å². The molecule has 3 rings (SSSR count). The number of aromatic amines is 1. The minimum atomic E-state index is -0.00278. The molecular weight excluding hydrogens is 364 g/mol. The Hall–Kier alpha value is -3.77. The van der Waals surface area contributed by atoms with Crippen molar-refractivity contribution in [2.45, 2.75) is 6.04 Å². The van der Waals surface area contributed by atoms with Crippen LogP contribution in [-0.4, -0.2) is 23.4 Å². The minimum absolute atomic E-state index is 0.00278. The highest BCUT2D eigenvalue weighted by Gasteiger charge is 2.15. The maximum absolute atomic E-state index is 9.94. The summed E-state index contributed by atoms with van der Waals surface area (Å²) < 4.78 is 0. The number of hydrogen-bond acceptors (Lipinski definition) is 5. The summed E-state index contributed by atoms with van der Waals surface area (Å²) in [7, 11) is 1.90. The number of allylic oxidation sites excluding steroid dienone is 1. The van der Waals surface area contributed by atoms with E-state index < -0.39 is 0 Å². The first-order chi connectivity index (χ1) is 14.0. The number of para-hydroxylation sites is 1. The van der Waals surface area contributed by atoms with Crippen molar-refractivity contribution in [2.75, 3.05) is 12.8 Å². The summed E-state index contributed by atoms with van der Waals surface area (Å²) in [5, 5.41) is 13.2. The molecule has 7 N–H and O–H groups in total. The Labute approximate surface area is 170 Å². The predicted octanol–water partition coefficient (Wildman–Crippen LogP) is 3.44. The van der Waals surface area contributed by atoms with Gasteiger partial charge < -0.3 is 26.9 Å². The van der Waals surface area contributed by atoms with Crippen LogP contribution in [0.4, 0.5) is 5.82 Å². The third-order valence-corrected chi connectivity index (χ3v) is 4.26. The highest BCUT2D eigenvalue weighted by Crippen LogP contribution is 2.28. The van der Waals surface area contributed by atoms with Crippen LogP contribution in [0.5, 0.6) is 5.75 Å². The molecule has 0 radical (unpaired) electrons. The fourth-order valence-corrected chi connectivity index (χ4v) is 2.89. The first-order valence-corrected chi connectivity index (χ1v) is 9.04. The molecular formula is C23H26N4O2. The van der Waals surface area contributed by atoms with E-state index in [1.54, 1.807) is 24.3 Å². The maximum Gasteiger partial charge on any atom is 0.142 e. The van der Waals surface area contributed by atoms with Gasteiger partial charge in [0.2, 0.25) is 0 Å². The predicted molar refractivity (Wildman–Crippen MR) is 119 cm³/mol. The van der Waals surface area contributed by atoms with Crippen LogP contribution >= 0.6 is 0 Å². The smallest absolute Gasteiger partial charge is 0.142 e. The van der Waals surface area contributed by atoms with E-state index in [-0.39, 0.29) is 11.8 Å². The Morgan fingerprint density at radius 3 is 2.38 bits per heavy atom. The van der Waals surface area contributed by atoms with Crippen LogP contribution < -0.4 is 16.8 Å². The number of carbonyl (C=O) groups is 1. The van der Waals surface area contributed by atoms with Gasteiger partial charge in [-0.3, -0.25) is 4.79 Å². The minimum Gasteiger partial charge on any atom is -0.507 e. The second-order valence-corrected chi connectivity index (χ2v) is 6.21. The standard InChI is InChI=1S/C20H22N4O.C3H4O/c1-23-19(13-7-3-2-4-8-13)17-12-14(20(22)24-17)11-16(21)15-9-5-6-10-18(15)25;1-2-3-4/h2-12,19,23-25H,21-22H2,1H3;2-3H,1H2/b16-11-;. The molecule has 0 fully saturated rings. The maximum atomic E-state index is 9.94. The lowest BCUT2D eigenvalue weighted by atomic mass is 10.0. The lowest BCUT2D eigenvalue weighted by Gasteiger charge is -2.15. The molecule has 6 heteroatoms. The van der Waals surface area contributed by atoms with Crippen molar-refractivity contribution in [3.8, 4) is 5.75 Å². The van der Waals surface area contributed by atoms with E-state index >= 15 is 0 Å². The van der Waals surface area contributed by atoms with Crippen molar-refractivity contribution in [3.05, 3.63) is 95.7 Å². The van der Waals surface area contributed by atoms with Crippen molar-refractivity contribution in [1.29, 1.82) is 0 Å². The van der Waals surface area contributed by atoms with Gasteiger partial charge in [-0.1, -0.05) is 49.0 Å². The number of nitrogens with two attached hydrogens (primary N) is 2.